The van der Waals surface area contributed by atoms with Gasteiger partial charge in [-0.2, -0.15) is 0 Å². The van der Waals surface area contributed by atoms with Gasteiger partial charge < -0.3 is 29.3 Å². The van der Waals surface area contributed by atoms with E-state index in [1.807, 2.05) is 0 Å². The van der Waals surface area contributed by atoms with Gasteiger partial charge in [-0.25, -0.2) is 0 Å². The van der Waals surface area contributed by atoms with Crippen molar-refractivity contribution < 1.29 is 29.3 Å². The largest absolute Gasteiger partial charge is 2.00 e. The molecule has 0 saturated heterocycles. The van der Waals surface area contributed by atoms with Crippen LogP contribution >= 0.6 is 0 Å². The minimum Gasteiger partial charge on any atom is -0.545 e. The van der Waals surface area contributed by atoms with E-state index in [1.54, 1.807) is 36.4 Å². The van der Waals surface area contributed by atoms with E-state index in [-0.39, 0.29) is 60.0 Å². The number of ether oxygens (including phenoxy) is 2. The maximum atomic E-state index is 11.0. The zero-order chi connectivity index (χ0) is 37.7. The van der Waals surface area contributed by atoms with E-state index in [0.717, 1.165) is 25.7 Å². The number of unbranched alkanes of at least 4 members (excludes halogenated alkanes) is 26. The molecular formula is C46H74BaO6. The molecule has 0 bridgehead atoms. The van der Waals surface area contributed by atoms with Crippen molar-refractivity contribution in [1.82, 2.24) is 0 Å². The van der Waals surface area contributed by atoms with Crippen LogP contribution in [0.5, 0.6) is 11.5 Å². The van der Waals surface area contributed by atoms with Crippen LogP contribution in [0, 0.1) is 0 Å². The van der Waals surface area contributed by atoms with Gasteiger partial charge in [-0.05, 0) is 37.1 Å². The second-order valence-corrected chi connectivity index (χ2v) is 14.5. The smallest absolute Gasteiger partial charge is 0.545 e. The molecule has 53 heavy (non-hydrogen) atoms. The number of para-hydroxylation sites is 2. The SMILES string of the molecule is CCCCCCCCCCCCCCCCOc1ccccc1C(=O)[O-].CCCCCCCCCCCCCCCCOc1ccccc1C(=O)[O-].[Ba+2]. The summed E-state index contributed by atoms with van der Waals surface area (Å²) in [6, 6.07) is 13.4. The predicted octanol–water partition coefficient (Wildman–Crippen LogP) is 11.4. The fourth-order valence-corrected chi connectivity index (χ4v) is 6.48. The number of carbonyl (C=O) groups excluding carboxylic acids is 2. The molecule has 0 aliphatic rings. The predicted molar refractivity (Wildman–Crippen MR) is 219 cm³/mol. The molecule has 0 saturated carbocycles. The summed E-state index contributed by atoms with van der Waals surface area (Å²) in [5.41, 5.74) is 0.274. The number of aromatic carboxylic acids is 2. The van der Waals surface area contributed by atoms with Crippen molar-refractivity contribution in [3.05, 3.63) is 59.7 Å². The number of rotatable bonds is 34. The Morgan fingerprint density at radius 2 is 0.623 bits per heavy atom. The number of hydrogen-bond donors (Lipinski definition) is 0. The third-order valence-corrected chi connectivity index (χ3v) is 9.72. The van der Waals surface area contributed by atoms with Crippen molar-refractivity contribution >= 4 is 60.8 Å². The Hall–Kier alpha value is -1.45. The Morgan fingerprint density at radius 1 is 0.396 bits per heavy atom. The summed E-state index contributed by atoms with van der Waals surface area (Å²) in [6.45, 7) is 5.68. The Morgan fingerprint density at radius 3 is 0.868 bits per heavy atom. The third kappa shape index (κ3) is 30.5. The molecule has 296 valence electrons. The zero-order valence-electron chi connectivity index (χ0n) is 34.0. The molecule has 0 unspecified atom stereocenters. The van der Waals surface area contributed by atoms with E-state index in [4.69, 9.17) is 9.47 Å². The molecule has 0 aliphatic carbocycles. The first-order valence-electron chi connectivity index (χ1n) is 21.4. The Labute approximate surface area is 365 Å². The number of carboxylic acid groups (broad SMARTS) is 2. The van der Waals surface area contributed by atoms with E-state index in [2.05, 4.69) is 13.8 Å². The first-order chi connectivity index (χ1) is 25.5. The van der Waals surface area contributed by atoms with Gasteiger partial charge in [0.15, 0.2) is 0 Å². The van der Waals surface area contributed by atoms with Crippen LogP contribution in [0.15, 0.2) is 48.5 Å². The maximum absolute atomic E-state index is 11.0. The van der Waals surface area contributed by atoms with Gasteiger partial charge in [0.2, 0.25) is 0 Å². The Kier molecular flexibility index (Phi) is 37.8. The van der Waals surface area contributed by atoms with Crippen molar-refractivity contribution in [3.63, 3.8) is 0 Å². The van der Waals surface area contributed by atoms with Gasteiger partial charge >= 0.3 is 48.9 Å². The van der Waals surface area contributed by atoms with Gasteiger partial charge in [-0.3, -0.25) is 0 Å². The van der Waals surface area contributed by atoms with Crippen LogP contribution in [0.4, 0.5) is 0 Å². The molecule has 0 heterocycles. The molecule has 2 aromatic carbocycles. The molecule has 0 spiro atoms. The normalized spacial score (nSPS) is 10.6. The molecule has 6 nitrogen and oxygen atoms in total. The monoisotopic (exact) mass is 860 g/mol. The minimum absolute atomic E-state index is 0. The molecule has 0 atom stereocenters. The summed E-state index contributed by atoms with van der Waals surface area (Å²) in [5, 5.41) is 22.0. The van der Waals surface area contributed by atoms with E-state index >= 15 is 0 Å². The topological polar surface area (TPSA) is 98.7 Å². The number of carbonyl (C=O) groups is 2. The standard InChI is InChI=1S/2C23H38O3.Ba/c2*1-2-3-4-5-6-7-8-9-10-11-12-13-14-17-20-26-22-19-16-15-18-21(22)23(24)25;/h2*15-16,18-19H,2-14,17,20H2,1H3,(H,24,25);/q;;+2/p-2. The fourth-order valence-electron chi connectivity index (χ4n) is 6.48. The minimum atomic E-state index is -1.18. The average Bonchev–Trinajstić information content (AvgIpc) is 3.15. The first-order valence-corrected chi connectivity index (χ1v) is 21.4. The molecule has 0 N–H and O–H groups in total. The second-order valence-electron chi connectivity index (χ2n) is 14.5. The van der Waals surface area contributed by atoms with Crippen molar-refractivity contribution in [2.24, 2.45) is 0 Å². The summed E-state index contributed by atoms with van der Waals surface area (Å²) < 4.78 is 11.2. The Bertz CT molecular complexity index is 1040. The van der Waals surface area contributed by atoms with E-state index in [0.29, 0.717) is 24.7 Å². The molecule has 2 aromatic rings. The van der Waals surface area contributed by atoms with E-state index in [9.17, 15) is 19.8 Å². The molecule has 0 aromatic heterocycles. The quantitative estimate of drug-likeness (QED) is 0.0513. The second kappa shape index (κ2) is 38.8. The number of benzene rings is 2. The van der Waals surface area contributed by atoms with Crippen LogP contribution in [0.1, 0.15) is 214 Å². The molecule has 0 fully saturated rings. The van der Waals surface area contributed by atoms with Gasteiger partial charge in [0, 0.05) is 11.1 Å². The molecule has 0 amide bonds. The Balaban J connectivity index is 0.00000100. The zero-order valence-corrected chi connectivity index (χ0v) is 38.4. The summed E-state index contributed by atoms with van der Waals surface area (Å²) in [4.78, 5) is 22.0. The van der Waals surface area contributed by atoms with Crippen molar-refractivity contribution in [3.8, 4) is 11.5 Å². The van der Waals surface area contributed by atoms with Crippen LogP contribution < -0.4 is 19.7 Å². The summed E-state index contributed by atoms with van der Waals surface area (Å²) in [7, 11) is 0. The summed E-state index contributed by atoms with van der Waals surface area (Å²) in [6.07, 6.45) is 37.1. The van der Waals surface area contributed by atoms with Crippen molar-refractivity contribution in [2.45, 2.75) is 194 Å². The molecule has 0 radical (unpaired) electrons. The fraction of sp³-hybridized carbons (Fsp3) is 0.696. The van der Waals surface area contributed by atoms with Crippen LogP contribution in [0.2, 0.25) is 0 Å². The number of hydrogen-bond acceptors (Lipinski definition) is 6. The maximum Gasteiger partial charge on any atom is 2.00 e. The van der Waals surface area contributed by atoms with Gasteiger partial charge in [0.05, 0.1) is 25.2 Å². The van der Waals surface area contributed by atoms with Crippen molar-refractivity contribution in [1.29, 1.82) is 0 Å². The summed E-state index contributed by atoms with van der Waals surface area (Å²) >= 11 is 0. The van der Waals surface area contributed by atoms with Crippen LogP contribution in [0.25, 0.3) is 0 Å². The van der Waals surface area contributed by atoms with Gasteiger partial charge in [-0.15, -0.1) is 0 Å². The molecule has 0 aliphatic heterocycles. The van der Waals surface area contributed by atoms with Gasteiger partial charge in [0.25, 0.3) is 0 Å². The van der Waals surface area contributed by atoms with E-state index < -0.39 is 11.9 Å². The van der Waals surface area contributed by atoms with Crippen LogP contribution in [0.3, 0.4) is 0 Å². The van der Waals surface area contributed by atoms with Gasteiger partial charge in [0.1, 0.15) is 11.5 Å². The van der Waals surface area contributed by atoms with Crippen LogP contribution in [-0.4, -0.2) is 74.0 Å². The molecule has 2 rings (SSSR count). The first kappa shape index (κ1) is 51.6. The summed E-state index contributed by atoms with van der Waals surface area (Å²) in [5.74, 6) is -1.52. The van der Waals surface area contributed by atoms with Crippen molar-refractivity contribution in [2.75, 3.05) is 13.2 Å². The van der Waals surface area contributed by atoms with Crippen LogP contribution in [-0.2, 0) is 0 Å². The molecule has 7 heteroatoms. The number of carboxylic acids is 2. The van der Waals surface area contributed by atoms with Gasteiger partial charge in [-0.1, -0.05) is 205 Å². The molecular weight excluding hydrogens is 786 g/mol. The third-order valence-electron chi connectivity index (χ3n) is 9.72. The average molecular weight is 860 g/mol. The van der Waals surface area contributed by atoms with E-state index in [1.165, 1.54) is 166 Å².